The lowest BCUT2D eigenvalue weighted by Crippen LogP contribution is -2.48. The van der Waals surface area contributed by atoms with Crippen molar-refractivity contribution in [2.24, 2.45) is 5.92 Å². The summed E-state index contributed by atoms with van der Waals surface area (Å²) in [6, 6.07) is 0.697. The first-order valence-corrected chi connectivity index (χ1v) is 9.67. The van der Waals surface area contributed by atoms with E-state index in [0.717, 1.165) is 6.07 Å². The van der Waals surface area contributed by atoms with Gasteiger partial charge < -0.3 is 20.3 Å². The number of ether oxygens (including phenoxy) is 1. The van der Waals surface area contributed by atoms with Gasteiger partial charge in [0, 0.05) is 26.2 Å². The fraction of sp³-hybridized carbons (Fsp3) is 0.667. The van der Waals surface area contributed by atoms with Crippen LogP contribution >= 0.6 is 0 Å². The number of hydrogen-bond donors (Lipinski definition) is 2. The molecule has 1 aromatic rings. The molecule has 0 aromatic carbocycles. The van der Waals surface area contributed by atoms with Gasteiger partial charge in [-0.05, 0) is 25.7 Å². The maximum Gasteiger partial charge on any atom is 0.391 e. The fourth-order valence-electron chi connectivity index (χ4n) is 3.70. The molecule has 0 bridgehead atoms. The number of nitrogens with zero attached hydrogens (tertiary/aromatic N) is 3. The third-order valence-electron chi connectivity index (χ3n) is 5.69. The number of rotatable bonds is 6. The Bertz CT molecular complexity index is 808. The van der Waals surface area contributed by atoms with E-state index in [2.05, 4.69) is 15.6 Å². The van der Waals surface area contributed by atoms with E-state index in [1.165, 1.54) is 7.05 Å². The molecule has 3 rings (SSSR count). The first-order chi connectivity index (χ1) is 14.1. The Labute approximate surface area is 171 Å². The third-order valence-corrected chi connectivity index (χ3v) is 5.69. The van der Waals surface area contributed by atoms with Gasteiger partial charge in [-0.3, -0.25) is 14.9 Å². The quantitative estimate of drug-likeness (QED) is 0.526. The van der Waals surface area contributed by atoms with Crippen molar-refractivity contribution < 1.29 is 27.6 Å². The summed E-state index contributed by atoms with van der Waals surface area (Å²) in [7, 11) is 3.20. The van der Waals surface area contributed by atoms with Crippen LogP contribution in [0.3, 0.4) is 0 Å². The molecule has 30 heavy (non-hydrogen) atoms. The maximum absolute atomic E-state index is 12.9. The SMILES string of the molecule is CNc1nc(N(C)C2COC2)c(C(=O)NC2CCC(C(F)(F)F)CC2)cc1[N+](=O)[O-]. The monoisotopic (exact) mass is 431 g/mol. The van der Waals surface area contributed by atoms with Gasteiger partial charge in [0.15, 0.2) is 0 Å². The Hall–Kier alpha value is -2.63. The lowest BCUT2D eigenvalue weighted by molar-refractivity contribution is -0.384. The number of hydrogen-bond acceptors (Lipinski definition) is 7. The Morgan fingerprint density at radius 2 is 1.93 bits per heavy atom. The molecule has 2 N–H and O–H groups in total. The van der Waals surface area contributed by atoms with Gasteiger partial charge >= 0.3 is 11.9 Å². The minimum absolute atomic E-state index is 0.00745. The van der Waals surface area contributed by atoms with Crippen LogP contribution in [0.2, 0.25) is 0 Å². The predicted octanol–water partition coefficient (Wildman–Crippen LogP) is 2.72. The van der Waals surface area contributed by atoms with Crippen LogP contribution < -0.4 is 15.5 Å². The van der Waals surface area contributed by atoms with E-state index in [-0.39, 0.29) is 54.6 Å². The number of alkyl halides is 3. The van der Waals surface area contributed by atoms with Crippen molar-refractivity contribution in [2.75, 3.05) is 37.5 Å². The normalized spacial score (nSPS) is 22.2. The van der Waals surface area contributed by atoms with Gasteiger partial charge in [-0.1, -0.05) is 0 Å². The van der Waals surface area contributed by atoms with Gasteiger partial charge in [0.25, 0.3) is 5.91 Å². The molecule has 1 amide bonds. The van der Waals surface area contributed by atoms with E-state index >= 15 is 0 Å². The van der Waals surface area contributed by atoms with E-state index in [9.17, 15) is 28.1 Å². The minimum Gasteiger partial charge on any atom is -0.377 e. The number of halogens is 3. The van der Waals surface area contributed by atoms with Crippen LogP contribution in [0.15, 0.2) is 6.07 Å². The van der Waals surface area contributed by atoms with Gasteiger partial charge in [0.2, 0.25) is 5.82 Å². The van der Waals surface area contributed by atoms with E-state index in [0.29, 0.717) is 13.2 Å². The molecule has 1 aromatic heterocycles. The van der Waals surface area contributed by atoms with Crippen LogP contribution in [0.4, 0.5) is 30.5 Å². The van der Waals surface area contributed by atoms with Crippen molar-refractivity contribution in [2.45, 2.75) is 43.9 Å². The molecule has 0 unspecified atom stereocenters. The van der Waals surface area contributed by atoms with Gasteiger partial charge in [0.1, 0.15) is 5.82 Å². The first kappa shape index (κ1) is 22.1. The molecule has 1 saturated heterocycles. The molecule has 1 saturated carbocycles. The summed E-state index contributed by atoms with van der Waals surface area (Å²) < 4.78 is 43.8. The van der Waals surface area contributed by atoms with Crippen LogP contribution in [-0.2, 0) is 4.74 Å². The topological polar surface area (TPSA) is 110 Å². The van der Waals surface area contributed by atoms with Crippen molar-refractivity contribution in [3.63, 3.8) is 0 Å². The Kier molecular flexibility index (Phi) is 6.34. The highest BCUT2D eigenvalue weighted by molar-refractivity contribution is 6.00. The first-order valence-electron chi connectivity index (χ1n) is 9.67. The van der Waals surface area contributed by atoms with Crippen molar-refractivity contribution in [3.05, 3.63) is 21.7 Å². The third kappa shape index (κ3) is 4.58. The number of aromatic nitrogens is 1. The van der Waals surface area contributed by atoms with Crippen LogP contribution in [0.25, 0.3) is 0 Å². The van der Waals surface area contributed by atoms with E-state index < -0.39 is 29.0 Å². The Morgan fingerprint density at radius 3 is 2.40 bits per heavy atom. The van der Waals surface area contributed by atoms with Gasteiger partial charge in [-0.15, -0.1) is 0 Å². The average molecular weight is 431 g/mol. The number of carbonyl (C=O) groups is 1. The number of carbonyl (C=O) groups excluding carboxylic acids is 1. The Morgan fingerprint density at radius 1 is 1.30 bits per heavy atom. The standard InChI is InChI=1S/C18H24F3N5O4/c1-22-15-14(26(28)29)7-13(16(24-15)25(2)12-8-30-9-12)17(27)23-11-5-3-10(4-6-11)18(19,20)21/h7,10-12H,3-6,8-9H2,1-2H3,(H,22,24)(H,23,27). The largest absolute Gasteiger partial charge is 0.391 e. The highest BCUT2D eigenvalue weighted by atomic mass is 19.4. The van der Waals surface area contributed by atoms with Crippen molar-refractivity contribution in [1.82, 2.24) is 10.3 Å². The summed E-state index contributed by atoms with van der Waals surface area (Å²) in [6.45, 7) is 0.874. The fourth-order valence-corrected chi connectivity index (χ4v) is 3.70. The molecule has 166 valence electrons. The van der Waals surface area contributed by atoms with Crippen molar-refractivity contribution in [1.29, 1.82) is 0 Å². The Balaban J connectivity index is 1.83. The molecule has 0 spiro atoms. The number of nitrogens with one attached hydrogen (secondary N) is 2. The molecule has 9 nitrogen and oxygen atoms in total. The number of anilines is 2. The van der Waals surface area contributed by atoms with Crippen LogP contribution in [0.1, 0.15) is 36.0 Å². The van der Waals surface area contributed by atoms with E-state index in [1.807, 2.05) is 0 Å². The molecule has 2 fully saturated rings. The van der Waals surface area contributed by atoms with Gasteiger partial charge in [0.05, 0.1) is 35.7 Å². The van der Waals surface area contributed by atoms with Crippen LogP contribution in [0, 0.1) is 16.0 Å². The number of amides is 1. The highest BCUT2D eigenvalue weighted by Crippen LogP contribution is 2.38. The minimum atomic E-state index is -4.23. The summed E-state index contributed by atoms with van der Waals surface area (Å²) in [4.78, 5) is 29.7. The van der Waals surface area contributed by atoms with Crippen molar-refractivity contribution >= 4 is 23.2 Å². The average Bonchev–Trinajstić information content (AvgIpc) is 2.65. The molecule has 0 radical (unpaired) electrons. The number of nitro groups is 1. The molecular formula is C18H24F3N5O4. The number of pyridine rings is 1. The zero-order valence-electron chi connectivity index (χ0n) is 16.7. The molecule has 12 heteroatoms. The molecule has 1 aliphatic heterocycles. The molecule has 1 aliphatic carbocycles. The van der Waals surface area contributed by atoms with Gasteiger partial charge in [-0.2, -0.15) is 13.2 Å². The maximum atomic E-state index is 12.9. The van der Waals surface area contributed by atoms with Crippen molar-refractivity contribution in [3.8, 4) is 0 Å². The molecule has 0 atom stereocenters. The zero-order chi connectivity index (χ0) is 22.1. The summed E-state index contributed by atoms with van der Waals surface area (Å²) in [5.41, 5.74) is -0.349. The number of likely N-dealkylation sites (N-methyl/N-ethyl adjacent to an activating group) is 1. The van der Waals surface area contributed by atoms with E-state index in [4.69, 9.17) is 4.74 Å². The highest BCUT2D eigenvalue weighted by Gasteiger charge is 2.41. The summed E-state index contributed by atoms with van der Waals surface area (Å²) >= 11 is 0. The second-order valence-electron chi connectivity index (χ2n) is 7.60. The summed E-state index contributed by atoms with van der Waals surface area (Å²) in [5, 5.41) is 16.8. The van der Waals surface area contributed by atoms with E-state index in [1.54, 1.807) is 11.9 Å². The second kappa shape index (κ2) is 8.62. The second-order valence-corrected chi connectivity index (χ2v) is 7.60. The lowest BCUT2D eigenvalue weighted by Gasteiger charge is -2.36. The van der Waals surface area contributed by atoms with Gasteiger partial charge in [-0.25, -0.2) is 4.98 Å². The lowest BCUT2D eigenvalue weighted by atomic mass is 9.85. The summed E-state index contributed by atoms with van der Waals surface area (Å²) in [6.07, 6.45) is -3.96. The summed E-state index contributed by atoms with van der Waals surface area (Å²) in [5.74, 6) is -1.68. The smallest absolute Gasteiger partial charge is 0.377 e. The molecule has 2 aliphatic rings. The van der Waals surface area contributed by atoms with Crippen LogP contribution in [-0.4, -0.2) is 61.4 Å². The predicted molar refractivity (Wildman–Crippen MR) is 103 cm³/mol. The van der Waals surface area contributed by atoms with Crippen LogP contribution in [0.5, 0.6) is 0 Å². The zero-order valence-corrected chi connectivity index (χ0v) is 16.7. The molecular weight excluding hydrogens is 407 g/mol. The molecule has 2 heterocycles.